The van der Waals surface area contributed by atoms with Gasteiger partial charge in [0.15, 0.2) is 6.29 Å². The number of methoxy groups -OCH3 is 1. The molecule has 2 amide bonds. The number of aliphatic hydroxyl groups excluding tert-OH is 4. The van der Waals surface area contributed by atoms with E-state index in [-0.39, 0.29) is 17.9 Å². The van der Waals surface area contributed by atoms with Crippen LogP contribution in [0.2, 0.25) is 0 Å². The van der Waals surface area contributed by atoms with E-state index in [1.54, 1.807) is 18.9 Å². The summed E-state index contributed by atoms with van der Waals surface area (Å²) >= 11 is 0. The molecule has 2 heterocycles. The number of hydrogen-bond donors (Lipinski definition) is 5. The topological polar surface area (TPSA) is 158 Å². The van der Waals surface area contributed by atoms with E-state index in [4.69, 9.17) is 14.2 Å². The minimum atomic E-state index is -1.13. The molecule has 11 nitrogen and oxygen atoms in total. The van der Waals surface area contributed by atoms with Gasteiger partial charge in [0.05, 0.1) is 31.5 Å². The number of likely N-dealkylation sites (tertiary alicyclic amines) is 1. The Kier molecular flexibility index (Phi) is 23.3. The number of amides is 2. The van der Waals surface area contributed by atoms with Crippen LogP contribution in [-0.2, 0) is 23.8 Å². The van der Waals surface area contributed by atoms with Crippen molar-refractivity contribution in [2.45, 2.75) is 136 Å². The standard InChI is InChI=1S/C25H46N2O9.C4H10.C2H6/c1-17-23(32)24(33)20(15-28)36-25(17)35-12-8-4-5-9-21(30)26-11-7-3-6-10-22(31)27-14-19(29)13-18(27)16-34-2;1-4(2)3;1-2/h17-20,23-25,28-29,32-33H,3-16H2,1-2H3,(H,26,30);4H,1-3H3;1-2H3/t17?,18-,19+,20?,23+,24-,25+;;/m0../s1. The summed E-state index contributed by atoms with van der Waals surface area (Å²) in [6.07, 6.45) is 1.93. The Hall–Kier alpha value is -1.34. The second-order valence-corrected chi connectivity index (χ2v) is 11.7. The van der Waals surface area contributed by atoms with Crippen molar-refractivity contribution in [2.24, 2.45) is 11.8 Å². The van der Waals surface area contributed by atoms with Crippen LogP contribution in [0, 0.1) is 11.8 Å². The predicted octanol–water partition coefficient (Wildman–Crippen LogP) is 2.61. The number of β-amino-alcohol motifs (C(OH)–C–C–N with tert-alkyl or cyclic N) is 1. The van der Waals surface area contributed by atoms with Crippen LogP contribution in [-0.4, -0.2) is 114 Å². The van der Waals surface area contributed by atoms with Crippen molar-refractivity contribution >= 4 is 11.8 Å². The average Bonchev–Trinajstić information content (AvgIpc) is 3.33. The van der Waals surface area contributed by atoms with Crippen LogP contribution in [0.25, 0.3) is 0 Å². The van der Waals surface area contributed by atoms with Gasteiger partial charge in [0.1, 0.15) is 12.2 Å². The van der Waals surface area contributed by atoms with Crippen LogP contribution in [0.5, 0.6) is 0 Å². The maximum Gasteiger partial charge on any atom is 0.222 e. The van der Waals surface area contributed by atoms with E-state index in [1.807, 2.05) is 13.8 Å². The summed E-state index contributed by atoms with van der Waals surface area (Å²) in [4.78, 5) is 26.2. The van der Waals surface area contributed by atoms with Gasteiger partial charge in [0.25, 0.3) is 0 Å². The molecule has 0 spiro atoms. The van der Waals surface area contributed by atoms with Gasteiger partial charge in [-0.2, -0.15) is 0 Å². The van der Waals surface area contributed by atoms with Crippen molar-refractivity contribution in [3.05, 3.63) is 0 Å². The SMILES string of the molecule is CC.CC(C)C.COC[C@@H]1C[C@@H](O)CN1C(=O)CCCCCNC(=O)CCCCCO[C@@H]1OC(CO)[C@H](O)[C@H](O)C1C. The van der Waals surface area contributed by atoms with Gasteiger partial charge in [-0.25, -0.2) is 0 Å². The molecule has 42 heavy (non-hydrogen) atoms. The van der Waals surface area contributed by atoms with E-state index < -0.39 is 43.2 Å². The van der Waals surface area contributed by atoms with Gasteiger partial charge in [-0.3, -0.25) is 9.59 Å². The lowest BCUT2D eigenvalue weighted by atomic mass is 9.92. The number of rotatable bonds is 16. The van der Waals surface area contributed by atoms with E-state index in [1.165, 1.54) is 0 Å². The normalized spacial score (nSPS) is 27.1. The van der Waals surface area contributed by atoms with Crippen molar-refractivity contribution < 1.29 is 44.2 Å². The molecule has 0 aromatic rings. The molecule has 0 bridgehead atoms. The molecule has 2 aliphatic heterocycles. The highest BCUT2D eigenvalue weighted by molar-refractivity contribution is 5.77. The Labute approximate surface area is 254 Å². The fourth-order valence-corrected chi connectivity index (χ4v) is 4.76. The second kappa shape index (κ2) is 24.0. The first-order chi connectivity index (χ1) is 20.0. The molecule has 2 saturated heterocycles. The summed E-state index contributed by atoms with van der Waals surface area (Å²) in [6, 6.07) is -0.0481. The zero-order chi connectivity index (χ0) is 32.1. The Morgan fingerprint density at radius 1 is 0.976 bits per heavy atom. The highest BCUT2D eigenvalue weighted by Gasteiger charge is 2.42. The van der Waals surface area contributed by atoms with Crippen LogP contribution >= 0.6 is 0 Å². The summed E-state index contributed by atoms with van der Waals surface area (Å²) in [6.45, 7) is 13.6. The van der Waals surface area contributed by atoms with Gasteiger partial charge in [-0.15, -0.1) is 0 Å². The number of carbonyl (C=O) groups excluding carboxylic acids is 2. The minimum absolute atomic E-state index is 0.00703. The lowest BCUT2D eigenvalue weighted by Gasteiger charge is -2.40. The highest BCUT2D eigenvalue weighted by Crippen LogP contribution is 2.27. The molecule has 2 fully saturated rings. The summed E-state index contributed by atoms with van der Waals surface area (Å²) in [7, 11) is 1.60. The fraction of sp³-hybridized carbons (Fsp3) is 0.935. The molecule has 0 aliphatic carbocycles. The lowest BCUT2D eigenvalue weighted by molar-refractivity contribution is -0.282. The van der Waals surface area contributed by atoms with Crippen LogP contribution in [0.3, 0.4) is 0 Å². The summed E-state index contributed by atoms with van der Waals surface area (Å²) in [5.74, 6) is 0.480. The van der Waals surface area contributed by atoms with Crippen molar-refractivity contribution in [3.8, 4) is 0 Å². The van der Waals surface area contributed by atoms with Gasteiger partial charge in [-0.1, -0.05) is 54.4 Å². The zero-order valence-electron chi connectivity index (χ0n) is 27.3. The average molecular weight is 607 g/mol. The third-order valence-corrected chi connectivity index (χ3v) is 6.98. The summed E-state index contributed by atoms with van der Waals surface area (Å²) in [5.41, 5.74) is 0. The Morgan fingerprint density at radius 2 is 1.60 bits per heavy atom. The van der Waals surface area contributed by atoms with Crippen LogP contribution in [0.1, 0.15) is 99.3 Å². The number of aliphatic hydroxyl groups is 4. The summed E-state index contributed by atoms with van der Waals surface area (Å²) < 4.78 is 16.3. The van der Waals surface area contributed by atoms with Crippen molar-refractivity contribution in [2.75, 3.05) is 40.0 Å². The van der Waals surface area contributed by atoms with Gasteiger partial charge in [0.2, 0.25) is 11.8 Å². The minimum Gasteiger partial charge on any atom is -0.394 e. The zero-order valence-corrected chi connectivity index (χ0v) is 27.3. The maximum absolute atomic E-state index is 12.4. The third-order valence-electron chi connectivity index (χ3n) is 6.98. The molecule has 0 aromatic carbocycles. The monoisotopic (exact) mass is 606 g/mol. The van der Waals surface area contributed by atoms with E-state index in [0.29, 0.717) is 45.6 Å². The number of hydrogen-bond acceptors (Lipinski definition) is 9. The molecule has 0 saturated carbocycles. The van der Waals surface area contributed by atoms with Crippen molar-refractivity contribution in [1.82, 2.24) is 10.2 Å². The number of nitrogens with one attached hydrogen (secondary N) is 1. The van der Waals surface area contributed by atoms with E-state index in [2.05, 4.69) is 26.1 Å². The molecular weight excluding hydrogens is 544 g/mol. The van der Waals surface area contributed by atoms with Crippen molar-refractivity contribution in [3.63, 3.8) is 0 Å². The summed E-state index contributed by atoms with van der Waals surface area (Å²) in [5, 5.41) is 41.9. The molecule has 7 atom stereocenters. The molecule has 2 unspecified atom stereocenters. The number of unbranched alkanes of at least 4 members (excludes halogenated alkanes) is 4. The van der Waals surface area contributed by atoms with Gasteiger partial charge >= 0.3 is 0 Å². The molecule has 5 N–H and O–H groups in total. The molecule has 250 valence electrons. The molecule has 11 heteroatoms. The molecule has 0 aromatic heterocycles. The van der Waals surface area contributed by atoms with E-state index >= 15 is 0 Å². The highest BCUT2D eigenvalue weighted by atomic mass is 16.7. The van der Waals surface area contributed by atoms with E-state index in [0.717, 1.165) is 44.4 Å². The van der Waals surface area contributed by atoms with E-state index in [9.17, 15) is 30.0 Å². The first kappa shape index (κ1) is 40.7. The number of carbonyl (C=O) groups is 2. The van der Waals surface area contributed by atoms with Gasteiger partial charge < -0.3 is 44.9 Å². The smallest absolute Gasteiger partial charge is 0.222 e. The van der Waals surface area contributed by atoms with Crippen molar-refractivity contribution in [1.29, 1.82) is 0 Å². The number of nitrogens with zero attached hydrogens (tertiary/aromatic N) is 1. The second-order valence-electron chi connectivity index (χ2n) is 11.7. The largest absolute Gasteiger partial charge is 0.394 e. The number of ether oxygens (including phenoxy) is 3. The third kappa shape index (κ3) is 16.5. The molecule has 0 radical (unpaired) electrons. The fourth-order valence-electron chi connectivity index (χ4n) is 4.76. The van der Waals surface area contributed by atoms with Gasteiger partial charge in [0, 0.05) is 45.6 Å². The van der Waals surface area contributed by atoms with Crippen LogP contribution in [0.4, 0.5) is 0 Å². The molecular formula is C31H62N2O9. The maximum atomic E-state index is 12.4. The Morgan fingerprint density at radius 3 is 2.21 bits per heavy atom. The molecule has 2 rings (SSSR count). The van der Waals surface area contributed by atoms with Crippen LogP contribution < -0.4 is 5.32 Å². The first-order valence-electron chi connectivity index (χ1n) is 16.0. The lowest BCUT2D eigenvalue weighted by Crippen LogP contribution is -2.55. The Bertz CT molecular complexity index is 693. The van der Waals surface area contributed by atoms with Gasteiger partial charge in [-0.05, 0) is 38.0 Å². The first-order valence-corrected chi connectivity index (χ1v) is 16.0. The Balaban J connectivity index is 0.00000257. The molecule has 2 aliphatic rings. The predicted molar refractivity (Wildman–Crippen MR) is 163 cm³/mol. The quantitative estimate of drug-likeness (QED) is 0.167. The van der Waals surface area contributed by atoms with Crippen LogP contribution in [0.15, 0.2) is 0 Å².